The van der Waals surface area contributed by atoms with Crippen molar-refractivity contribution in [2.45, 2.75) is 157 Å². The molecule has 0 aliphatic rings. The van der Waals surface area contributed by atoms with E-state index in [4.69, 9.17) is 29.7 Å². The molecular formula is C51H74N6O3Si. The van der Waals surface area contributed by atoms with Crippen molar-refractivity contribution >= 4 is 13.7 Å². The summed E-state index contributed by atoms with van der Waals surface area (Å²) >= 11 is 0. The van der Waals surface area contributed by atoms with Gasteiger partial charge in [0.2, 0.25) is 0 Å². The summed E-state index contributed by atoms with van der Waals surface area (Å²) in [6.45, 7) is 13.7. The highest BCUT2D eigenvalue weighted by atomic mass is 28.4. The Morgan fingerprint density at radius 2 is 0.721 bits per heavy atom. The molecular weight excluding hydrogens is 773 g/mol. The van der Waals surface area contributed by atoms with Gasteiger partial charge in [-0.2, -0.15) is 29.7 Å². The van der Waals surface area contributed by atoms with Crippen molar-refractivity contribution in [3.8, 4) is 17.2 Å². The van der Waals surface area contributed by atoms with Crippen LogP contribution in [0.3, 0.4) is 0 Å². The average Bonchev–Trinajstić information content (AvgIpc) is 3.28. The zero-order valence-electron chi connectivity index (χ0n) is 38.1. The molecule has 9 nitrogen and oxygen atoms in total. The van der Waals surface area contributed by atoms with E-state index in [0.29, 0.717) is 34.4 Å². The van der Waals surface area contributed by atoms with Crippen molar-refractivity contribution in [1.82, 2.24) is 0 Å². The molecule has 4 aromatic carbocycles. The largest absolute Gasteiger partial charge is 0.524 e. The molecule has 0 saturated heterocycles. The molecule has 3 N–H and O–H groups in total. The zero-order chi connectivity index (χ0) is 43.9. The van der Waals surface area contributed by atoms with E-state index >= 15 is 0 Å². The second kappa shape index (κ2) is 26.6. The Hall–Kier alpha value is -4.70. The number of nitrogens with zero attached hydrogens (tertiary/aromatic N) is 6. The van der Waals surface area contributed by atoms with Gasteiger partial charge < -0.3 is 15.3 Å². The topological polar surface area (TPSA) is 135 Å². The summed E-state index contributed by atoms with van der Waals surface area (Å²) in [4.78, 5) is 0. The maximum absolute atomic E-state index is 11.4. The molecule has 0 radical (unpaired) electrons. The van der Waals surface area contributed by atoms with Gasteiger partial charge in [-0.05, 0) is 53.7 Å². The minimum Gasteiger partial charge on any atom is -0.507 e. The SMILES string of the molecule is CCCCC(CC)Cc1cccc(CN=N[Si](N=NCc2cccc(CC(CC)CCCC)c2O)(N=NCc2cccc(CC(CC)CCCC)c2O)c2ccccc2)c1O. The highest BCUT2D eigenvalue weighted by molar-refractivity contribution is 6.86. The molecule has 3 unspecified atom stereocenters. The van der Waals surface area contributed by atoms with Gasteiger partial charge in [-0.1, -0.05) is 204 Å². The molecule has 0 bridgehead atoms. The van der Waals surface area contributed by atoms with E-state index in [1.807, 2.05) is 84.9 Å². The monoisotopic (exact) mass is 847 g/mol. The molecule has 0 heterocycles. The highest BCUT2D eigenvalue weighted by Gasteiger charge is 2.40. The molecule has 61 heavy (non-hydrogen) atoms. The van der Waals surface area contributed by atoms with Gasteiger partial charge in [0.25, 0.3) is 0 Å². The second-order valence-electron chi connectivity index (χ2n) is 16.8. The molecule has 0 aliphatic heterocycles. The van der Waals surface area contributed by atoms with Crippen molar-refractivity contribution < 1.29 is 15.3 Å². The van der Waals surface area contributed by atoms with Crippen LogP contribution in [0.2, 0.25) is 0 Å². The van der Waals surface area contributed by atoms with Crippen LogP contribution in [0.1, 0.15) is 152 Å². The Morgan fingerprint density at radius 1 is 0.410 bits per heavy atom. The highest BCUT2D eigenvalue weighted by Crippen LogP contribution is 2.32. The number of benzene rings is 4. The van der Waals surface area contributed by atoms with Crippen molar-refractivity contribution in [3.63, 3.8) is 0 Å². The summed E-state index contributed by atoms with van der Waals surface area (Å²) in [6.07, 6.45) is 16.0. The van der Waals surface area contributed by atoms with Crippen LogP contribution in [0.15, 0.2) is 115 Å². The van der Waals surface area contributed by atoms with Crippen molar-refractivity contribution in [1.29, 1.82) is 0 Å². The number of phenolic OH excluding ortho intramolecular Hbond substituents is 3. The van der Waals surface area contributed by atoms with E-state index < -0.39 is 8.56 Å². The lowest BCUT2D eigenvalue weighted by Gasteiger charge is -2.17. The summed E-state index contributed by atoms with van der Waals surface area (Å²) in [5.74, 6) is 2.30. The van der Waals surface area contributed by atoms with Gasteiger partial charge in [0.05, 0.1) is 19.6 Å². The van der Waals surface area contributed by atoms with Crippen LogP contribution < -0.4 is 5.19 Å². The van der Waals surface area contributed by atoms with E-state index in [1.165, 1.54) is 19.3 Å². The second-order valence-corrected chi connectivity index (χ2v) is 19.3. The molecule has 330 valence electrons. The summed E-state index contributed by atoms with van der Waals surface area (Å²) in [5.41, 5.74) is 4.85. The Morgan fingerprint density at radius 3 is 1.02 bits per heavy atom. The first-order valence-electron chi connectivity index (χ1n) is 23.3. The van der Waals surface area contributed by atoms with E-state index in [-0.39, 0.29) is 36.9 Å². The maximum Gasteiger partial charge on any atom is 0.524 e. The van der Waals surface area contributed by atoms with Gasteiger partial charge >= 0.3 is 8.56 Å². The van der Waals surface area contributed by atoms with Crippen LogP contribution in [0.5, 0.6) is 17.2 Å². The third-order valence-electron chi connectivity index (χ3n) is 12.3. The molecule has 4 rings (SSSR count). The third kappa shape index (κ3) is 15.0. The summed E-state index contributed by atoms with van der Waals surface area (Å²) in [6, 6.07) is 27.3. The normalized spacial score (nSPS) is 14.5. The summed E-state index contributed by atoms with van der Waals surface area (Å²) in [7, 11) is -3.74. The molecule has 3 atom stereocenters. The van der Waals surface area contributed by atoms with Crippen LogP contribution in [-0.4, -0.2) is 23.9 Å². The first-order valence-corrected chi connectivity index (χ1v) is 25.2. The molecule has 10 heteroatoms. The molecule has 0 amide bonds. The first-order chi connectivity index (χ1) is 29.7. The minimum atomic E-state index is -3.74. The quantitative estimate of drug-likeness (QED) is 0.0388. The summed E-state index contributed by atoms with van der Waals surface area (Å²) < 4.78 is 14.7. The molecule has 4 aromatic rings. The maximum atomic E-state index is 11.4. The van der Waals surface area contributed by atoms with Crippen LogP contribution in [0, 0.1) is 17.8 Å². The van der Waals surface area contributed by atoms with Crippen molar-refractivity contribution in [2.75, 3.05) is 0 Å². The molecule has 0 spiro atoms. The fourth-order valence-electron chi connectivity index (χ4n) is 8.10. The fourth-order valence-corrected chi connectivity index (χ4v) is 10.0. The number of rotatable bonds is 28. The summed E-state index contributed by atoms with van der Waals surface area (Å²) in [5, 5.41) is 49.2. The average molecular weight is 847 g/mol. The molecule has 0 saturated carbocycles. The molecule has 0 fully saturated rings. The number of unbranched alkanes of at least 4 members (excludes halogenated alkanes) is 3. The third-order valence-corrected chi connectivity index (χ3v) is 14.6. The standard InChI is InChI=1S/C51H74N6O3Si/c1-7-13-22-39(10-4)33-42-25-19-28-45(49(42)58)36-52-55-61(48-31-17-16-18-32-48,56-53-37-46-29-20-26-43(50(46)59)34-40(11-5)23-14-8-2)57-54-38-47-30-21-27-44(51(47)60)35-41(12-6)24-15-9-3/h16-21,25-32,39-41,58-60H,7-15,22-24,33-38H2,1-6H3. The molecule has 0 aromatic heterocycles. The number of hydrogen-bond donors (Lipinski definition) is 3. The van der Waals surface area contributed by atoms with Crippen LogP contribution in [0.4, 0.5) is 0 Å². The first kappa shape index (κ1) is 49.0. The zero-order valence-corrected chi connectivity index (χ0v) is 39.1. The predicted octanol–water partition coefficient (Wildman–Crippen LogP) is 14.2. The van der Waals surface area contributed by atoms with Crippen LogP contribution in [-0.2, 0) is 38.9 Å². The van der Waals surface area contributed by atoms with Gasteiger partial charge in [0, 0.05) is 21.9 Å². The lowest BCUT2D eigenvalue weighted by molar-refractivity contribution is 0.423. The van der Waals surface area contributed by atoms with E-state index in [9.17, 15) is 15.3 Å². The smallest absolute Gasteiger partial charge is 0.507 e. The fraction of sp³-hybridized carbons (Fsp3) is 0.529. The lowest BCUT2D eigenvalue weighted by atomic mass is 9.91. The number of hydrogen-bond acceptors (Lipinski definition) is 9. The number of para-hydroxylation sites is 3. The lowest BCUT2D eigenvalue weighted by Crippen LogP contribution is -2.42. The van der Waals surface area contributed by atoms with E-state index in [2.05, 4.69) is 41.5 Å². The van der Waals surface area contributed by atoms with E-state index in [1.54, 1.807) is 0 Å². The van der Waals surface area contributed by atoms with Gasteiger partial charge in [0.15, 0.2) is 0 Å². The van der Waals surface area contributed by atoms with Crippen LogP contribution >= 0.6 is 0 Å². The van der Waals surface area contributed by atoms with Gasteiger partial charge in [-0.3, -0.25) is 0 Å². The predicted molar refractivity (Wildman–Crippen MR) is 253 cm³/mol. The van der Waals surface area contributed by atoms with E-state index in [0.717, 1.165) is 98.9 Å². The molecule has 0 aliphatic carbocycles. The van der Waals surface area contributed by atoms with Gasteiger partial charge in [-0.15, -0.1) is 0 Å². The number of phenols is 3. The number of aromatic hydroxyl groups is 3. The van der Waals surface area contributed by atoms with Gasteiger partial charge in [-0.25, -0.2) is 0 Å². The van der Waals surface area contributed by atoms with Crippen molar-refractivity contribution in [3.05, 3.63) is 118 Å². The minimum absolute atomic E-state index is 0.136. The Balaban J connectivity index is 1.72. The Labute approximate surface area is 368 Å². The van der Waals surface area contributed by atoms with Crippen molar-refractivity contribution in [2.24, 2.45) is 47.4 Å². The Kier molecular flexibility index (Phi) is 21.3. The van der Waals surface area contributed by atoms with Crippen LogP contribution in [0.25, 0.3) is 0 Å². The van der Waals surface area contributed by atoms with Gasteiger partial charge in [0.1, 0.15) is 17.2 Å². The Bertz CT molecular complexity index is 1780.